The van der Waals surface area contributed by atoms with Crippen molar-refractivity contribution in [3.8, 4) is 0 Å². The maximum atomic E-state index is 13.4. The minimum absolute atomic E-state index is 0.0500. The van der Waals surface area contributed by atoms with Gasteiger partial charge in [-0.2, -0.15) is 4.57 Å². The Kier molecular flexibility index (Phi) is 6.91. The molecule has 0 aliphatic carbocycles. The predicted octanol–water partition coefficient (Wildman–Crippen LogP) is 4.96. The Balaban J connectivity index is 1.53. The SMILES string of the molecule is CCn1c(=O)/c(=C2\Sc3cc(Cl)ccc3N2C)s/c1=C\c1scc[n+]1CCc1cccc(Cl)c1. The third-order valence-corrected chi connectivity index (χ3v) is 9.50. The van der Waals surface area contributed by atoms with Crippen LogP contribution in [0.25, 0.3) is 11.1 Å². The van der Waals surface area contributed by atoms with E-state index in [1.165, 1.54) is 5.56 Å². The highest BCUT2D eigenvalue weighted by Gasteiger charge is 2.25. The number of aromatic nitrogens is 2. The van der Waals surface area contributed by atoms with Crippen LogP contribution in [-0.4, -0.2) is 11.6 Å². The van der Waals surface area contributed by atoms with Gasteiger partial charge < -0.3 is 4.90 Å². The molecule has 0 saturated carbocycles. The molecule has 34 heavy (non-hydrogen) atoms. The normalized spacial score (nSPS) is 15.3. The highest BCUT2D eigenvalue weighted by molar-refractivity contribution is 8.08. The number of anilines is 1. The zero-order valence-corrected chi connectivity index (χ0v) is 22.6. The molecule has 0 amide bonds. The molecule has 174 valence electrons. The minimum atomic E-state index is 0.0500. The predicted molar refractivity (Wildman–Crippen MR) is 146 cm³/mol. The van der Waals surface area contributed by atoms with Gasteiger partial charge in [0.2, 0.25) is 0 Å². The van der Waals surface area contributed by atoms with Gasteiger partial charge in [-0.1, -0.05) is 58.4 Å². The molecule has 2 aromatic heterocycles. The van der Waals surface area contributed by atoms with Crippen molar-refractivity contribution in [1.29, 1.82) is 0 Å². The Labute approximate surface area is 220 Å². The Morgan fingerprint density at radius 2 is 1.94 bits per heavy atom. The molecule has 0 bridgehead atoms. The number of fused-ring (bicyclic) bond motifs is 1. The van der Waals surface area contributed by atoms with Crippen molar-refractivity contribution in [2.45, 2.75) is 31.3 Å². The van der Waals surface area contributed by atoms with E-state index in [1.54, 1.807) is 34.4 Å². The van der Waals surface area contributed by atoms with Gasteiger partial charge in [0.15, 0.2) is 12.7 Å². The van der Waals surface area contributed by atoms with Crippen molar-refractivity contribution in [3.63, 3.8) is 0 Å². The summed E-state index contributed by atoms with van der Waals surface area (Å²) in [6, 6.07) is 13.8. The standard InChI is InChI=1S/C25H22Cl2N3OS3/c1-3-30-22(15-21-29(11-12-32-21)10-9-16-5-4-6-17(26)13-16)34-23(24(30)31)25-28(2)19-8-7-18(27)14-20(19)33-25/h4-8,11-15H,3,9-10H2,1-2H3/q+1/b25-23+. The third kappa shape index (κ3) is 4.60. The number of aryl methyl sites for hydroxylation is 2. The van der Waals surface area contributed by atoms with Gasteiger partial charge in [-0.3, -0.25) is 9.36 Å². The van der Waals surface area contributed by atoms with E-state index >= 15 is 0 Å². The lowest BCUT2D eigenvalue weighted by Crippen LogP contribution is -2.36. The third-order valence-electron chi connectivity index (χ3n) is 5.71. The first-order valence-electron chi connectivity index (χ1n) is 10.8. The van der Waals surface area contributed by atoms with Gasteiger partial charge in [0.05, 0.1) is 17.1 Å². The summed E-state index contributed by atoms with van der Waals surface area (Å²) in [6.07, 6.45) is 5.12. The summed E-state index contributed by atoms with van der Waals surface area (Å²) in [5.41, 5.74) is 2.33. The lowest BCUT2D eigenvalue weighted by atomic mass is 10.1. The Morgan fingerprint density at radius 3 is 2.74 bits per heavy atom. The molecular weight excluding hydrogens is 525 g/mol. The van der Waals surface area contributed by atoms with E-state index in [2.05, 4.69) is 33.2 Å². The molecule has 1 aliphatic heterocycles. The highest BCUT2D eigenvalue weighted by Crippen LogP contribution is 2.46. The quantitative estimate of drug-likeness (QED) is 0.331. The summed E-state index contributed by atoms with van der Waals surface area (Å²) >= 11 is 17.2. The fraction of sp³-hybridized carbons (Fsp3) is 0.200. The maximum absolute atomic E-state index is 13.4. The van der Waals surface area contributed by atoms with Crippen molar-refractivity contribution >= 4 is 74.4 Å². The zero-order valence-electron chi connectivity index (χ0n) is 18.6. The zero-order chi connectivity index (χ0) is 23.8. The van der Waals surface area contributed by atoms with Crippen LogP contribution in [0.5, 0.6) is 0 Å². The largest absolute Gasteiger partial charge is 0.337 e. The van der Waals surface area contributed by atoms with Crippen LogP contribution < -0.4 is 24.2 Å². The van der Waals surface area contributed by atoms with Crippen LogP contribution in [0, 0.1) is 0 Å². The van der Waals surface area contributed by atoms with Crippen LogP contribution in [0.2, 0.25) is 10.0 Å². The molecule has 2 aromatic carbocycles. The average molecular weight is 548 g/mol. The maximum Gasteiger partial charge on any atom is 0.271 e. The fourth-order valence-electron chi connectivity index (χ4n) is 3.96. The number of thiazole rings is 2. The molecule has 4 nitrogen and oxygen atoms in total. The molecule has 1 aliphatic rings. The van der Waals surface area contributed by atoms with Crippen LogP contribution in [0.4, 0.5) is 5.69 Å². The van der Waals surface area contributed by atoms with Gasteiger partial charge in [0.25, 0.3) is 10.6 Å². The van der Waals surface area contributed by atoms with Crippen molar-refractivity contribution in [1.82, 2.24) is 4.57 Å². The van der Waals surface area contributed by atoms with Crippen LogP contribution in [-0.2, 0) is 19.5 Å². The lowest BCUT2D eigenvalue weighted by molar-refractivity contribution is -0.693. The van der Waals surface area contributed by atoms with E-state index in [1.807, 2.05) is 54.9 Å². The monoisotopic (exact) mass is 546 g/mol. The summed E-state index contributed by atoms with van der Waals surface area (Å²) in [6.45, 7) is 3.48. The molecule has 5 rings (SSSR count). The van der Waals surface area contributed by atoms with Crippen molar-refractivity contribution in [3.05, 3.63) is 94.2 Å². The number of benzene rings is 2. The van der Waals surface area contributed by atoms with Gasteiger partial charge in [0, 0.05) is 35.0 Å². The van der Waals surface area contributed by atoms with E-state index in [0.717, 1.165) is 47.8 Å². The van der Waals surface area contributed by atoms with Crippen LogP contribution in [0.15, 0.2) is 63.7 Å². The summed E-state index contributed by atoms with van der Waals surface area (Å²) < 4.78 is 5.81. The van der Waals surface area contributed by atoms with Gasteiger partial charge in [-0.15, -0.1) is 11.3 Å². The van der Waals surface area contributed by atoms with Crippen molar-refractivity contribution in [2.24, 2.45) is 0 Å². The van der Waals surface area contributed by atoms with Gasteiger partial charge >= 0.3 is 0 Å². The molecule has 3 heterocycles. The summed E-state index contributed by atoms with van der Waals surface area (Å²) in [5.74, 6) is 0. The smallest absolute Gasteiger partial charge is 0.271 e. The number of nitrogens with zero attached hydrogens (tertiary/aromatic N) is 3. The van der Waals surface area contributed by atoms with Crippen molar-refractivity contribution in [2.75, 3.05) is 11.9 Å². The van der Waals surface area contributed by atoms with Crippen LogP contribution >= 0.6 is 57.6 Å². The van der Waals surface area contributed by atoms with E-state index < -0.39 is 0 Å². The highest BCUT2D eigenvalue weighted by atomic mass is 35.5. The second-order valence-electron chi connectivity index (χ2n) is 7.86. The summed E-state index contributed by atoms with van der Waals surface area (Å²) in [7, 11) is 2.00. The Bertz CT molecular complexity index is 1550. The number of rotatable bonds is 5. The molecule has 0 spiro atoms. The summed E-state index contributed by atoms with van der Waals surface area (Å²) in [4.78, 5) is 16.5. The average Bonchev–Trinajstić information content (AvgIpc) is 3.48. The van der Waals surface area contributed by atoms with E-state index in [9.17, 15) is 4.79 Å². The van der Waals surface area contributed by atoms with E-state index in [0.29, 0.717) is 11.6 Å². The second-order valence-corrected chi connectivity index (χ2v) is 11.7. The first-order chi connectivity index (χ1) is 16.4. The molecule has 0 N–H and O–H groups in total. The first-order valence-corrected chi connectivity index (χ1v) is 14.1. The molecule has 0 saturated heterocycles. The Morgan fingerprint density at radius 1 is 1.12 bits per heavy atom. The molecule has 0 atom stereocenters. The van der Waals surface area contributed by atoms with Crippen LogP contribution in [0.1, 0.15) is 17.5 Å². The fourth-order valence-corrected chi connectivity index (χ4v) is 7.79. The molecule has 0 fully saturated rings. The Hall–Kier alpha value is -2.03. The first kappa shape index (κ1) is 23.7. The summed E-state index contributed by atoms with van der Waals surface area (Å²) in [5, 5.41) is 5.61. The number of halogens is 2. The molecule has 4 aromatic rings. The topological polar surface area (TPSA) is 29.1 Å². The molecule has 0 radical (unpaired) electrons. The number of thioether (sulfide) groups is 1. The van der Waals surface area contributed by atoms with Gasteiger partial charge in [-0.25, -0.2) is 0 Å². The number of hydrogen-bond acceptors (Lipinski definition) is 5. The van der Waals surface area contributed by atoms with E-state index in [-0.39, 0.29) is 5.56 Å². The van der Waals surface area contributed by atoms with Gasteiger partial charge in [0.1, 0.15) is 14.2 Å². The number of hydrogen-bond donors (Lipinski definition) is 0. The van der Waals surface area contributed by atoms with Gasteiger partial charge in [-0.05, 0) is 42.8 Å². The molecule has 0 unspecified atom stereocenters. The lowest BCUT2D eigenvalue weighted by Gasteiger charge is -2.12. The van der Waals surface area contributed by atoms with Crippen molar-refractivity contribution < 1.29 is 4.57 Å². The second kappa shape index (κ2) is 9.91. The molecule has 9 heteroatoms. The van der Waals surface area contributed by atoms with E-state index in [4.69, 9.17) is 23.2 Å². The van der Waals surface area contributed by atoms with Crippen LogP contribution in [0.3, 0.4) is 0 Å². The minimum Gasteiger partial charge on any atom is -0.337 e. The molecular formula is C25H22Cl2N3OS3+.